The number of rotatable bonds is 5. The van der Waals surface area contributed by atoms with E-state index in [1.165, 1.54) is 0 Å². The second-order valence-electron chi connectivity index (χ2n) is 8.70. The van der Waals surface area contributed by atoms with Gasteiger partial charge in [0.2, 0.25) is 0 Å². The molecule has 27 heavy (non-hydrogen) atoms. The first-order chi connectivity index (χ1) is 12.6. The molecule has 148 valence electrons. The third-order valence-corrected chi connectivity index (χ3v) is 5.75. The number of β-amino-alcohol motifs (C(OH)–C–C–N with tert-alkyl or cyclic N) is 1. The van der Waals surface area contributed by atoms with Gasteiger partial charge in [0, 0.05) is 4.47 Å². The minimum Gasteiger partial charge on any atom is -0.491 e. The lowest BCUT2D eigenvalue weighted by atomic mass is 9.64. The van der Waals surface area contributed by atoms with E-state index in [0.29, 0.717) is 24.5 Å². The molecule has 1 spiro atoms. The van der Waals surface area contributed by atoms with Crippen molar-refractivity contribution in [3.63, 3.8) is 0 Å². The van der Waals surface area contributed by atoms with Crippen molar-refractivity contribution in [1.29, 1.82) is 0 Å². The van der Waals surface area contributed by atoms with Gasteiger partial charge in [0.15, 0.2) is 0 Å². The van der Waals surface area contributed by atoms with Gasteiger partial charge < -0.3 is 15.2 Å². The van der Waals surface area contributed by atoms with E-state index >= 15 is 0 Å². The molecule has 0 radical (unpaired) electrons. The fourth-order valence-corrected chi connectivity index (χ4v) is 5.06. The Bertz CT molecular complexity index is 738. The van der Waals surface area contributed by atoms with Crippen LogP contribution in [-0.4, -0.2) is 46.7 Å². The fourth-order valence-electron chi connectivity index (χ4n) is 4.68. The number of hydrogen-bond donors (Lipinski definition) is 2. The van der Waals surface area contributed by atoms with Gasteiger partial charge in [0.05, 0.1) is 6.54 Å². The van der Waals surface area contributed by atoms with Crippen molar-refractivity contribution in [2.24, 2.45) is 11.3 Å². The van der Waals surface area contributed by atoms with Gasteiger partial charge in [-0.15, -0.1) is 0 Å². The number of urea groups is 1. The summed E-state index contributed by atoms with van der Waals surface area (Å²) in [5.41, 5.74) is -0.859. The lowest BCUT2D eigenvalue weighted by Gasteiger charge is -2.43. The molecule has 2 fully saturated rings. The number of aliphatic hydroxyl groups is 1. The van der Waals surface area contributed by atoms with Crippen molar-refractivity contribution in [1.82, 2.24) is 10.2 Å². The van der Waals surface area contributed by atoms with Gasteiger partial charge in [-0.25, -0.2) is 4.79 Å². The maximum Gasteiger partial charge on any atom is 0.325 e. The molecule has 0 bridgehead atoms. The highest BCUT2D eigenvalue weighted by molar-refractivity contribution is 9.10. The zero-order valence-corrected chi connectivity index (χ0v) is 17.6. The number of ether oxygens (including phenoxy) is 1. The lowest BCUT2D eigenvalue weighted by Crippen LogP contribution is -2.54. The molecule has 1 saturated heterocycles. The van der Waals surface area contributed by atoms with Crippen LogP contribution in [0.25, 0.3) is 0 Å². The number of carbonyl (C=O) groups excluding carboxylic acids is 2. The predicted octanol–water partition coefficient (Wildman–Crippen LogP) is 3.33. The molecule has 1 aromatic rings. The van der Waals surface area contributed by atoms with Gasteiger partial charge in [-0.2, -0.15) is 0 Å². The first kappa shape index (κ1) is 20.1. The van der Waals surface area contributed by atoms with Gasteiger partial charge in [-0.3, -0.25) is 9.69 Å². The number of aliphatic hydroxyl groups excluding tert-OH is 1. The van der Waals surface area contributed by atoms with Crippen molar-refractivity contribution >= 4 is 27.9 Å². The smallest absolute Gasteiger partial charge is 0.325 e. The zero-order valence-electron chi connectivity index (χ0n) is 16.0. The molecule has 6 nitrogen and oxygen atoms in total. The molecule has 3 rings (SSSR count). The van der Waals surface area contributed by atoms with Crippen LogP contribution in [0.1, 0.15) is 40.0 Å². The van der Waals surface area contributed by atoms with Crippen molar-refractivity contribution in [3.8, 4) is 5.75 Å². The predicted molar refractivity (Wildman–Crippen MR) is 105 cm³/mol. The molecule has 2 aliphatic rings. The van der Waals surface area contributed by atoms with Gasteiger partial charge in [-0.1, -0.05) is 42.8 Å². The molecule has 1 saturated carbocycles. The van der Waals surface area contributed by atoms with Crippen molar-refractivity contribution in [2.45, 2.75) is 51.7 Å². The second kappa shape index (κ2) is 7.43. The highest BCUT2D eigenvalue weighted by atomic mass is 79.9. The topological polar surface area (TPSA) is 78.9 Å². The Kier molecular flexibility index (Phi) is 5.54. The molecule has 0 unspecified atom stereocenters. The molecule has 1 aromatic carbocycles. The molecule has 2 N–H and O–H groups in total. The summed E-state index contributed by atoms with van der Waals surface area (Å²) < 4.78 is 6.44. The van der Waals surface area contributed by atoms with E-state index in [2.05, 4.69) is 42.0 Å². The summed E-state index contributed by atoms with van der Waals surface area (Å²) in [6, 6.07) is 6.86. The van der Waals surface area contributed by atoms with E-state index in [-0.39, 0.29) is 24.5 Å². The number of benzene rings is 1. The third kappa shape index (κ3) is 4.46. The number of nitrogens with one attached hydrogen (secondary N) is 1. The lowest BCUT2D eigenvalue weighted by molar-refractivity contribution is -0.135. The molecule has 1 aliphatic heterocycles. The zero-order chi connectivity index (χ0) is 19.8. The van der Waals surface area contributed by atoms with Crippen LogP contribution in [0.4, 0.5) is 4.79 Å². The SMILES string of the molecule is C[C@@H]1CC(C)(C)C[C@@]2(C1)NC(=O)N(C[C@@H](O)COc1cccc(Br)c1)C2=O. The molecule has 3 atom stereocenters. The normalized spacial score (nSPS) is 28.3. The maximum absolute atomic E-state index is 13.1. The van der Waals surface area contributed by atoms with E-state index in [1.54, 1.807) is 12.1 Å². The number of carbonyl (C=O) groups is 2. The van der Waals surface area contributed by atoms with E-state index in [4.69, 9.17) is 4.74 Å². The Morgan fingerprint density at radius 2 is 2.11 bits per heavy atom. The van der Waals surface area contributed by atoms with Gasteiger partial charge in [0.25, 0.3) is 5.91 Å². The molecule has 7 heteroatoms. The maximum atomic E-state index is 13.1. The number of imide groups is 1. The van der Waals surface area contributed by atoms with Crippen LogP contribution in [0, 0.1) is 11.3 Å². The monoisotopic (exact) mass is 438 g/mol. The van der Waals surface area contributed by atoms with Crippen molar-refractivity contribution < 1.29 is 19.4 Å². The molecule has 1 heterocycles. The van der Waals surface area contributed by atoms with Crippen LogP contribution in [0.15, 0.2) is 28.7 Å². The number of nitrogens with zero attached hydrogens (tertiary/aromatic N) is 1. The molecular weight excluding hydrogens is 412 g/mol. The van der Waals surface area contributed by atoms with E-state index < -0.39 is 17.7 Å². The Balaban J connectivity index is 1.63. The van der Waals surface area contributed by atoms with Gasteiger partial charge >= 0.3 is 6.03 Å². The van der Waals surface area contributed by atoms with Crippen LogP contribution in [0.2, 0.25) is 0 Å². The van der Waals surface area contributed by atoms with E-state index in [9.17, 15) is 14.7 Å². The summed E-state index contributed by atoms with van der Waals surface area (Å²) >= 11 is 3.36. The van der Waals surface area contributed by atoms with Crippen LogP contribution >= 0.6 is 15.9 Å². The summed E-state index contributed by atoms with van der Waals surface area (Å²) in [4.78, 5) is 26.7. The summed E-state index contributed by atoms with van der Waals surface area (Å²) in [5.74, 6) is 0.733. The Hall–Kier alpha value is -1.60. The first-order valence-corrected chi connectivity index (χ1v) is 10.1. The van der Waals surface area contributed by atoms with Crippen molar-refractivity contribution in [2.75, 3.05) is 13.2 Å². The molecule has 1 aliphatic carbocycles. The second-order valence-corrected chi connectivity index (χ2v) is 9.62. The number of halogens is 1. The van der Waals surface area contributed by atoms with Crippen LogP contribution in [0.3, 0.4) is 0 Å². The fraction of sp³-hybridized carbons (Fsp3) is 0.600. The average Bonchev–Trinajstić information content (AvgIpc) is 2.74. The third-order valence-electron chi connectivity index (χ3n) is 5.26. The quantitative estimate of drug-likeness (QED) is 0.690. The van der Waals surface area contributed by atoms with E-state index in [0.717, 1.165) is 15.8 Å². The van der Waals surface area contributed by atoms with Crippen LogP contribution in [0.5, 0.6) is 5.75 Å². The minimum absolute atomic E-state index is 0.00239. The Morgan fingerprint density at radius 1 is 1.37 bits per heavy atom. The standard InChI is InChI=1S/C20H27BrN2O4/c1-13-8-19(2,3)12-20(9-13)17(25)23(18(26)22-20)10-15(24)11-27-16-6-4-5-14(21)7-16/h4-7,13,15,24H,8-12H2,1-3H3,(H,22,26)/t13-,15-,20-/m1/s1. The molecule has 3 amide bonds. The highest BCUT2D eigenvalue weighted by Crippen LogP contribution is 2.46. The summed E-state index contributed by atoms with van der Waals surface area (Å²) in [6.07, 6.45) is 1.34. The Morgan fingerprint density at radius 3 is 2.78 bits per heavy atom. The van der Waals surface area contributed by atoms with Gasteiger partial charge in [0.1, 0.15) is 24.0 Å². The summed E-state index contributed by atoms with van der Waals surface area (Å²) in [5, 5.41) is 13.2. The minimum atomic E-state index is -0.956. The molecule has 0 aromatic heterocycles. The number of hydrogen-bond acceptors (Lipinski definition) is 4. The first-order valence-electron chi connectivity index (χ1n) is 9.31. The molecular formula is C20H27BrN2O4. The van der Waals surface area contributed by atoms with Gasteiger partial charge in [-0.05, 0) is 48.8 Å². The van der Waals surface area contributed by atoms with Crippen LogP contribution < -0.4 is 10.1 Å². The van der Waals surface area contributed by atoms with Crippen LogP contribution in [-0.2, 0) is 4.79 Å². The summed E-state index contributed by atoms with van der Waals surface area (Å²) in [7, 11) is 0. The van der Waals surface area contributed by atoms with E-state index in [1.807, 2.05) is 12.1 Å². The van der Waals surface area contributed by atoms with Crippen molar-refractivity contribution in [3.05, 3.63) is 28.7 Å². The highest BCUT2D eigenvalue weighted by Gasteiger charge is 2.56. The number of amides is 3. The Labute approximate surface area is 168 Å². The largest absolute Gasteiger partial charge is 0.491 e. The summed E-state index contributed by atoms with van der Waals surface area (Å²) in [6.45, 7) is 6.31. The average molecular weight is 439 g/mol.